The maximum Gasteiger partial charge on any atom is 0.224 e. The number of hydrogen-bond acceptors (Lipinski definition) is 2. The molecule has 2 rings (SSSR count). The molecule has 1 aliphatic carbocycles. The van der Waals surface area contributed by atoms with E-state index in [-0.39, 0.29) is 17.4 Å². The predicted octanol–water partition coefficient (Wildman–Crippen LogP) is 1.39. The molecule has 0 heterocycles. The van der Waals surface area contributed by atoms with E-state index < -0.39 is 0 Å². The van der Waals surface area contributed by atoms with Crippen molar-refractivity contribution in [3.05, 3.63) is 35.9 Å². The van der Waals surface area contributed by atoms with Crippen LogP contribution >= 0.6 is 0 Å². The van der Waals surface area contributed by atoms with Crippen LogP contribution in [0.5, 0.6) is 0 Å². The van der Waals surface area contributed by atoms with Crippen LogP contribution in [0.15, 0.2) is 30.3 Å². The zero-order valence-electron chi connectivity index (χ0n) is 9.57. The largest absolute Gasteiger partial charge is 0.346 e. The van der Waals surface area contributed by atoms with Gasteiger partial charge in [-0.3, -0.25) is 4.79 Å². The number of carbonyl (C=O) groups excluding carboxylic acids is 1. The highest BCUT2D eigenvalue weighted by molar-refractivity contribution is 5.80. The monoisotopic (exact) mass is 218 g/mol. The van der Waals surface area contributed by atoms with Crippen LogP contribution in [0, 0.1) is 5.92 Å². The number of hydrogen-bond donors (Lipinski definition) is 2. The predicted molar refractivity (Wildman–Crippen MR) is 63.7 cm³/mol. The summed E-state index contributed by atoms with van der Waals surface area (Å²) in [4.78, 5) is 11.8. The zero-order chi connectivity index (χ0) is 11.6. The lowest BCUT2D eigenvalue weighted by molar-refractivity contribution is -0.125. The molecule has 0 bridgehead atoms. The molecule has 0 aromatic heterocycles. The van der Waals surface area contributed by atoms with E-state index in [0.717, 1.165) is 12.8 Å². The summed E-state index contributed by atoms with van der Waals surface area (Å²) in [5.74, 6) is -0.0509. The lowest BCUT2D eigenvalue weighted by atomic mass is 10.0. The Labute approximate surface area is 96.0 Å². The minimum Gasteiger partial charge on any atom is -0.346 e. The van der Waals surface area contributed by atoms with E-state index in [1.54, 1.807) is 0 Å². The van der Waals surface area contributed by atoms with Crippen LogP contribution in [0.2, 0.25) is 0 Å². The van der Waals surface area contributed by atoms with Crippen LogP contribution in [0.3, 0.4) is 0 Å². The molecule has 1 unspecified atom stereocenters. The van der Waals surface area contributed by atoms with Crippen molar-refractivity contribution in [1.82, 2.24) is 5.32 Å². The van der Waals surface area contributed by atoms with Crippen LogP contribution in [0.25, 0.3) is 0 Å². The molecule has 1 aliphatic rings. The van der Waals surface area contributed by atoms with Crippen molar-refractivity contribution >= 4 is 5.91 Å². The second-order valence-corrected chi connectivity index (χ2v) is 4.57. The molecule has 1 atom stereocenters. The Hall–Kier alpha value is -1.35. The molecule has 1 aromatic carbocycles. The number of rotatable bonds is 4. The Morgan fingerprint density at radius 2 is 2.06 bits per heavy atom. The van der Waals surface area contributed by atoms with Crippen LogP contribution in [-0.2, 0) is 10.3 Å². The van der Waals surface area contributed by atoms with Gasteiger partial charge in [-0.2, -0.15) is 0 Å². The third kappa shape index (κ3) is 2.09. The Balaban J connectivity index is 2.08. The number of nitrogens with two attached hydrogens (primary N) is 1. The smallest absolute Gasteiger partial charge is 0.224 e. The second kappa shape index (κ2) is 4.26. The highest BCUT2D eigenvalue weighted by Crippen LogP contribution is 2.45. The number of amides is 1. The summed E-state index contributed by atoms with van der Waals surface area (Å²) in [7, 11) is 0. The number of nitrogens with one attached hydrogen (secondary N) is 1. The fourth-order valence-corrected chi connectivity index (χ4v) is 1.83. The Bertz CT molecular complexity index is 371. The summed E-state index contributed by atoms with van der Waals surface area (Å²) in [6.07, 6.45) is 2.06. The molecule has 3 nitrogen and oxygen atoms in total. The molecule has 1 amide bonds. The van der Waals surface area contributed by atoms with E-state index in [1.165, 1.54) is 5.56 Å². The van der Waals surface area contributed by atoms with Crippen molar-refractivity contribution in [3.63, 3.8) is 0 Å². The molecule has 3 heteroatoms. The van der Waals surface area contributed by atoms with Gasteiger partial charge in [0.25, 0.3) is 0 Å². The molecule has 3 N–H and O–H groups in total. The van der Waals surface area contributed by atoms with Gasteiger partial charge in [0, 0.05) is 12.5 Å². The van der Waals surface area contributed by atoms with Gasteiger partial charge in [0.05, 0.1) is 5.54 Å². The fourth-order valence-electron chi connectivity index (χ4n) is 1.83. The van der Waals surface area contributed by atoms with Gasteiger partial charge in [0.15, 0.2) is 0 Å². The van der Waals surface area contributed by atoms with E-state index in [2.05, 4.69) is 17.4 Å². The van der Waals surface area contributed by atoms with Crippen molar-refractivity contribution < 1.29 is 4.79 Å². The lowest BCUT2D eigenvalue weighted by Crippen LogP contribution is -2.40. The Kier molecular flexibility index (Phi) is 2.97. The quantitative estimate of drug-likeness (QED) is 0.802. The molecule has 0 radical (unpaired) electrons. The van der Waals surface area contributed by atoms with Crippen LogP contribution in [0.4, 0.5) is 0 Å². The van der Waals surface area contributed by atoms with Gasteiger partial charge in [0.1, 0.15) is 0 Å². The first-order valence-corrected chi connectivity index (χ1v) is 5.75. The van der Waals surface area contributed by atoms with Crippen LogP contribution < -0.4 is 11.1 Å². The first-order valence-electron chi connectivity index (χ1n) is 5.75. The average molecular weight is 218 g/mol. The van der Waals surface area contributed by atoms with Gasteiger partial charge in [0.2, 0.25) is 5.91 Å². The van der Waals surface area contributed by atoms with E-state index >= 15 is 0 Å². The molecule has 0 spiro atoms. The molecule has 0 aliphatic heterocycles. The third-order valence-electron chi connectivity index (χ3n) is 3.24. The minimum atomic E-state index is -0.110. The fraction of sp³-hybridized carbons (Fsp3) is 0.462. The molecule has 86 valence electrons. The summed E-state index contributed by atoms with van der Waals surface area (Å²) in [6, 6.07) is 10.1. The summed E-state index contributed by atoms with van der Waals surface area (Å²) in [5.41, 5.74) is 6.58. The molecule has 0 saturated heterocycles. The first kappa shape index (κ1) is 11.1. The molecule has 1 fully saturated rings. The van der Waals surface area contributed by atoms with Gasteiger partial charge in [-0.25, -0.2) is 0 Å². The SMILES string of the molecule is CC(CN)C(=O)NC1(c2ccccc2)CC1. The van der Waals surface area contributed by atoms with Gasteiger partial charge < -0.3 is 11.1 Å². The number of benzene rings is 1. The minimum absolute atomic E-state index is 0.0591. The van der Waals surface area contributed by atoms with Crippen molar-refractivity contribution in [2.24, 2.45) is 11.7 Å². The summed E-state index contributed by atoms with van der Waals surface area (Å²) in [6.45, 7) is 2.26. The first-order chi connectivity index (χ1) is 7.68. The summed E-state index contributed by atoms with van der Waals surface area (Å²) < 4.78 is 0. The molecular formula is C13H18N2O. The topological polar surface area (TPSA) is 55.1 Å². The molecule has 1 saturated carbocycles. The Morgan fingerprint density at radius 1 is 1.44 bits per heavy atom. The molecule has 16 heavy (non-hydrogen) atoms. The van der Waals surface area contributed by atoms with Crippen molar-refractivity contribution in [2.75, 3.05) is 6.54 Å². The highest BCUT2D eigenvalue weighted by Gasteiger charge is 2.45. The van der Waals surface area contributed by atoms with E-state index in [1.807, 2.05) is 25.1 Å². The Morgan fingerprint density at radius 3 is 2.56 bits per heavy atom. The van der Waals surface area contributed by atoms with E-state index in [9.17, 15) is 4.79 Å². The summed E-state index contributed by atoms with van der Waals surface area (Å²) >= 11 is 0. The zero-order valence-corrected chi connectivity index (χ0v) is 9.57. The maximum absolute atomic E-state index is 11.8. The van der Waals surface area contributed by atoms with Gasteiger partial charge in [-0.15, -0.1) is 0 Å². The molecular weight excluding hydrogens is 200 g/mol. The van der Waals surface area contributed by atoms with Crippen LogP contribution in [0.1, 0.15) is 25.3 Å². The van der Waals surface area contributed by atoms with Gasteiger partial charge in [-0.05, 0) is 18.4 Å². The highest BCUT2D eigenvalue weighted by atomic mass is 16.2. The van der Waals surface area contributed by atoms with Gasteiger partial charge in [-0.1, -0.05) is 37.3 Å². The maximum atomic E-state index is 11.8. The van der Waals surface area contributed by atoms with Crippen molar-refractivity contribution in [1.29, 1.82) is 0 Å². The van der Waals surface area contributed by atoms with Crippen molar-refractivity contribution in [3.8, 4) is 0 Å². The second-order valence-electron chi connectivity index (χ2n) is 4.57. The number of carbonyl (C=O) groups is 1. The van der Waals surface area contributed by atoms with Crippen molar-refractivity contribution in [2.45, 2.75) is 25.3 Å². The summed E-state index contributed by atoms with van der Waals surface area (Å²) in [5, 5.41) is 3.12. The standard InChI is InChI=1S/C13H18N2O/c1-10(9-14)12(16)15-13(7-8-13)11-5-3-2-4-6-11/h2-6,10H,7-9,14H2,1H3,(H,15,16). The lowest BCUT2D eigenvalue weighted by Gasteiger charge is -2.20. The molecule has 1 aromatic rings. The average Bonchev–Trinajstić information content (AvgIpc) is 3.10. The van der Waals surface area contributed by atoms with Gasteiger partial charge >= 0.3 is 0 Å². The van der Waals surface area contributed by atoms with E-state index in [0.29, 0.717) is 6.54 Å². The van der Waals surface area contributed by atoms with E-state index in [4.69, 9.17) is 5.73 Å². The normalized spacial score (nSPS) is 18.9. The van der Waals surface area contributed by atoms with Crippen LogP contribution in [-0.4, -0.2) is 12.5 Å². The third-order valence-corrected chi connectivity index (χ3v) is 3.24.